The highest BCUT2D eigenvalue weighted by Crippen LogP contribution is 2.39. The molecule has 0 spiro atoms. The lowest BCUT2D eigenvalue weighted by Crippen LogP contribution is -2.32. The normalized spacial score (nSPS) is 16.4. The molecule has 33 heavy (non-hydrogen) atoms. The Morgan fingerprint density at radius 3 is 2.36 bits per heavy atom. The van der Waals surface area contributed by atoms with Crippen LogP contribution >= 0.6 is 0 Å². The van der Waals surface area contributed by atoms with E-state index in [-0.39, 0.29) is 28.6 Å². The summed E-state index contributed by atoms with van der Waals surface area (Å²) in [5.41, 5.74) is 2.24. The highest BCUT2D eigenvalue weighted by Gasteiger charge is 2.48. The molecular formula is C25H22N2O5S. The molecule has 3 aromatic carbocycles. The van der Waals surface area contributed by atoms with Gasteiger partial charge in [0.25, 0.3) is 21.8 Å². The summed E-state index contributed by atoms with van der Waals surface area (Å²) in [7, 11) is -3.89. The number of ether oxygens (including phenoxy) is 1. The first-order valence-electron chi connectivity index (χ1n) is 10.7. The number of nitrogens with one attached hydrogen (secondary N) is 1. The largest absolute Gasteiger partial charge is 0.489 e. The van der Waals surface area contributed by atoms with Crippen molar-refractivity contribution >= 4 is 21.8 Å². The average molecular weight is 463 g/mol. The molecule has 8 heteroatoms. The van der Waals surface area contributed by atoms with Gasteiger partial charge in [0.2, 0.25) is 0 Å². The number of nitrogens with zero attached hydrogens (tertiary/aromatic N) is 1. The maximum Gasteiger partial charge on any atom is 0.269 e. The van der Waals surface area contributed by atoms with Crippen LogP contribution in [0.2, 0.25) is 0 Å². The van der Waals surface area contributed by atoms with Crippen molar-refractivity contribution in [1.29, 1.82) is 0 Å². The van der Waals surface area contributed by atoms with E-state index in [0.29, 0.717) is 19.4 Å². The Kier molecular flexibility index (Phi) is 5.38. The van der Waals surface area contributed by atoms with Crippen LogP contribution in [0.3, 0.4) is 0 Å². The number of benzene rings is 3. The first-order valence-corrected chi connectivity index (χ1v) is 12.1. The number of amides is 2. The Balaban J connectivity index is 1.21. The highest BCUT2D eigenvalue weighted by atomic mass is 32.2. The first kappa shape index (κ1) is 21.2. The Labute approximate surface area is 192 Å². The number of hydrogen-bond donors (Lipinski definition) is 1. The van der Waals surface area contributed by atoms with Crippen molar-refractivity contribution in [2.24, 2.45) is 0 Å². The summed E-state index contributed by atoms with van der Waals surface area (Å²) in [6.45, 7) is 0.729. The van der Waals surface area contributed by atoms with Gasteiger partial charge < -0.3 is 10.1 Å². The van der Waals surface area contributed by atoms with Gasteiger partial charge in [-0.15, -0.1) is 0 Å². The molecule has 0 unspecified atom stereocenters. The summed E-state index contributed by atoms with van der Waals surface area (Å²) in [5, 5.41) is 2.81. The van der Waals surface area contributed by atoms with Gasteiger partial charge in [-0.2, -0.15) is 0 Å². The molecule has 0 bridgehead atoms. The number of hydrogen-bond acceptors (Lipinski definition) is 5. The van der Waals surface area contributed by atoms with E-state index in [2.05, 4.69) is 5.32 Å². The van der Waals surface area contributed by atoms with Gasteiger partial charge in [0.1, 0.15) is 17.3 Å². The van der Waals surface area contributed by atoms with E-state index in [4.69, 9.17) is 4.74 Å². The quantitative estimate of drug-likeness (QED) is 0.580. The molecule has 1 saturated carbocycles. The summed E-state index contributed by atoms with van der Waals surface area (Å²) < 4.78 is 32.2. The van der Waals surface area contributed by atoms with E-state index in [9.17, 15) is 18.0 Å². The number of fused-ring (bicyclic) bond motifs is 1. The van der Waals surface area contributed by atoms with Crippen LogP contribution < -0.4 is 10.1 Å². The van der Waals surface area contributed by atoms with E-state index in [1.807, 2.05) is 54.6 Å². The third kappa shape index (κ3) is 4.21. The molecule has 2 aliphatic rings. The number of rotatable bonds is 7. The van der Waals surface area contributed by atoms with Gasteiger partial charge in [-0.3, -0.25) is 9.59 Å². The molecule has 0 atom stereocenters. The first-order chi connectivity index (χ1) is 15.9. The third-order valence-corrected chi connectivity index (χ3v) is 7.59. The average Bonchev–Trinajstić information content (AvgIpc) is 3.64. The minimum atomic E-state index is -3.89. The van der Waals surface area contributed by atoms with E-state index < -0.39 is 21.8 Å². The van der Waals surface area contributed by atoms with Gasteiger partial charge >= 0.3 is 0 Å². The maximum absolute atomic E-state index is 12.8. The second kappa shape index (κ2) is 8.37. The van der Waals surface area contributed by atoms with Gasteiger partial charge in [-0.25, -0.2) is 12.7 Å². The lowest BCUT2D eigenvalue weighted by atomic mass is 10.1. The van der Waals surface area contributed by atoms with Gasteiger partial charge in [-0.05, 0) is 54.3 Å². The maximum atomic E-state index is 12.8. The van der Waals surface area contributed by atoms with Gasteiger partial charge in [0.05, 0.1) is 5.56 Å². The zero-order valence-corrected chi connectivity index (χ0v) is 18.5. The van der Waals surface area contributed by atoms with E-state index in [1.165, 1.54) is 18.2 Å². The topological polar surface area (TPSA) is 92.8 Å². The van der Waals surface area contributed by atoms with Gasteiger partial charge in [0.15, 0.2) is 0 Å². The zero-order valence-electron chi connectivity index (χ0n) is 17.7. The molecule has 1 aliphatic heterocycles. The Hall–Kier alpha value is -3.65. The zero-order chi connectivity index (χ0) is 23.0. The van der Waals surface area contributed by atoms with Gasteiger partial charge in [-0.1, -0.05) is 42.5 Å². The summed E-state index contributed by atoms with van der Waals surface area (Å²) in [6.07, 6.45) is 1.37. The lowest BCUT2D eigenvalue weighted by Gasteiger charge is -2.13. The van der Waals surface area contributed by atoms with Crippen molar-refractivity contribution < 1.29 is 22.7 Å². The summed E-state index contributed by atoms with van der Waals surface area (Å²) >= 11 is 0. The van der Waals surface area contributed by atoms with Crippen LogP contribution in [0.1, 0.15) is 44.7 Å². The Morgan fingerprint density at radius 1 is 0.970 bits per heavy atom. The molecule has 0 radical (unpaired) electrons. The second-order valence-electron chi connectivity index (χ2n) is 8.15. The smallest absolute Gasteiger partial charge is 0.269 e. The fraction of sp³-hybridized carbons (Fsp3) is 0.200. The fourth-order valence-electron chi connectivity index (χ4n) is 3.78. The monoisotopic (exact) mass is 462 g/mol. The predicted octanol–water partition coefficient (Wildman–Crippen LogP) is 3.50. The number of para-hydroxylation sites is 1. The molecule has 0 saturated heterocycles. The van der Waals surface area contributed by atoms with E-state index >= 15 is 0 Å². The van der Waals surface area contributed by atoms with Crippen molar-refractivity contribution in [1.82, 2.24) is 9.62 Å². The van der Waals surface area contributed by atoms with Crippen LogP contribution in [0.5, 0.6) is 5.75 Å². The molecule has 0 aromatic heterocycles. The molecule has 1 heterocycles. The van der Waals surface area contributed by atoms with Crippen LogP contribution in [-0.4, -0.2) is 30.6 Å². The van der Waals surface area contributed by atoms with Crippen LogP contribution in [0.25, 0.3) is 0 Å². The lowest BCUT2D eigenvalue weighted by molar-refractivity contribution is 0.0863. The van der Waals surface area contributed by atoms with Crippen LogP contribution in [0.4, 0.5) is 0 Å². The fourth-order valence-corrected chi connectivity index (χ4v) is 5.62. The molecule has 2 amide bonds. The second-order valence-corrected chi connectivity index (χ2v) is 9.93. The molecule has 3 aromatic rings. The number of carbonyl (C=O) groups excluding carboxylic acids is 2. The molecule has 5 rings (SSSR count). The van der Waals surface area contributed by atoms with Crippen molar-refractivity contribution in [2.45, 2.75) is 36.9 Å². The van der Waals surface area contributed by atoms with E-state index in [0.717, 1.165) is 21.2 Å². The Morgan fingerprint density at radius 2 is 1.67 bits per heavy atom. The minimum absolute atomic E-state index is 0.0881. The minimum Gasteiger partial charge on any atom is -0.489 e. The summed E-state index contributed by atoms with van der Waals surface area (Å²) in [6, 6.07) is 21.2. The van der Waals surface area contributed by atoms with E-state index in [1.54, 1.807) is 0 Å². The molecule has 1 aliphatic carbocycles. The van der Waals surface area contributed by atoms with Crippen molar-refractivity contribution in [3.8, 4) is 5.75 Å². The molecular weight excluding hydrogens is 440 g/mol. The molecule has 7 nitrogen and oxygen atoms in total. The third-order valence-electron chi connectivity index (χ3n) is 5.71. The predicted molar refractivity (Wildman–Crippen MR) is 121 cm³/mol. The summed E-state index contributed by atoms with van der Waals surface area (Å²) in [5.74, 6) is -0.107. The number of carbonyl (C=O) groups is 2. The van der Waals surface area contributed by atoms with Crippen LogP contribution in [-0.2, 0) is 23.2 Å². The van der Waals surface area contributed by atoms with Crippen molar-refractivity contribution in [2.75, 3.05) is 0 Å². The number of sulfonamides is 1. The van der Waals surface area contributed by atoms with Crippen LogP contribution in [0, 0.1) is 0 Å². The summed E-state index contributed by atoms with van der Waals surface area (Å²) in [4.78, 5) is 25.0. The SMILES string of the molecule is O=C(NCc1ccc(COc2ccccc2)cc1)c1ccc2c(c1)S(=O)(=O)N(C1CC1)C2=O. The van der Waals surface area contributed by atoms with Gasteiger partial charge in [0, 0.05) is 18.2 Å². The molecule has 168 valence electrons. The van der Waals surface area contributed by atoms with Crippen molar-refractivity contribution in [3.05, 3.63) is 95.1 Å². The standard InChI is InChI=1S/C25H22N2O5S/c28-24(19-10-13-22-23(14-19)33(30,31)27(25(22)29)20-11-12-20)26-15-17-6-8-18(9-7-17)16-32-21-4-2-1-3-5-21/h1-10,13-14,20H,11-12,15-16H2,(H,26,28). The van der Waals surface area contributed by atoms with Crippen molar-refractivity contribution in [3.63, 3.8) is 0 Å². The molecule has 1 fully saturated rings. The van der Waals surface area contributed by atoms with Crippen LogP contribution in [0.15, 0.2) is 77.7 Å². The highest BCUT2D eigenvalue weighted by molar-refractivity contribution is 7.90. The Bertz CT molecular complexity index is 1320. The molecule has 1 N–H and O–H groups in total.